The topological polar surface area (TPSA) is 89.9 Å². The number of aromatic carboxylic acids is 1. The summed E-state index contributed by atoms with van der Waals surface area (Å²) in [6, 6.07) is 5.77. The smallest absolute Gasteiger partial charge is 0.335 e. The lowest BCUT2D eigenvalue weighted by atomic mass is 9.94. The number of likely N-dealkylation sites (tertiary alicyclic amines) is 1. The van der Waals surface area contributed by atoms with Gasteiger partial charge in [0.1, 0.15) is 0 Å². The van der Waals surface area contributed by atoms with E-state index in [-0.39, 0.29) is 11.6 Å². The van der Waals surface area contributed by atoms with E-state index >= 15 is 0 Å². The minimum atomic E-state index is -0.999. The number of carboxylic acid groups (broad SMARTS) is 1. The molecule has 0 aromatic heterocycles. The summed E-state index contributed by atoms with van der Waals surface area (Å²) in [6.45, 7) is 2.78. The number of rotatable bonds is 2. The third-order valence-electron chi connectivity index (χ3n) is 3.51. The van der Waals surface area contributed by atoms with Crippen molar-refractivity contribution in [3.8, 4) is 0 Å². The molecule has 0 atom stereocenters. The van der Waals surface area contributed by atoms with Gasteiger partial charge in [0.2, 0.25) is 0 Å². The largest absolute Gasteiger partial charge is 0.478 e. The van der Waals surface area contributed by atoms with Gasteiger partial charge in [-0.2, -0.15) is 0 Å². The van der Waals surface area contributed by atoms with Crippen LogP contribution in [0.5, 0.6) is 0 Å². The van der Waals surface area contributed by atoms with Gasteiger partial charge in [-0.15, -0.1) is 0 Å². The predicted octanol–water partition coefficient (Wildman–Crippen LogP) is 1.76. The molecule has 1 heterocycles. The van der Waals surface area contributed by atoms with Crippen LogP contribution < -0.4 is 5.32 Å². The molecule has 1 aliphatic rings. The van der Waals surface area contributed by atoms with E-state index in [4.69, 9.17) is 5.11 Å². The van der Waals surface area contributed by atoms with Crippen molar-refractivity contribution < 1.29 is 19.8 Å². The fourth-order valence-corrected chi connectivity index (χ4v) is 2.09. The zero-order chi connectivity index (χ0) is 14.8. The van der Waals surface area contributed by atoms with Crippen LogP contribution >= 0.6 is 0 Å². The standard InChI is InChI=1S/C14H18N2O4/c1-14(20)6-8-16(9-7-14)13(19)15-11-4-2-10(3-5-11)12(17)18/h2-5,20H,6-9H2,1H3,(H,15,19)(H,17,18). The van der Waals surface area contributed by atoms with E-state index in [0.717, 1.165) is 0 Å². The van der Waals surface area contributed by atoms with Crippen molar-refractivity contribution in [3.05, 3.63) is 29.8 Å². The number of nitrogens with zero attached hydrogens (tertiary/aromatic N) is 1. The van der Waals surface area contributed by atoms with Gasteiger partial charge in [-0.1, -0.05) is 0 Å². The third kappa shape index (κ3) is 3.48. The van der Waals surface area contributed by atoms with Crippen molar-refractivity contribution in [1.82, 2.24) is 4.90 Å². The van der Waals surface area contributed by atoms with E-state index < -0.39 is 11.6 Å². The van der Waals surface area contributed by atoms with Crippen molar-refractivity contribution in [2.24, 2.45) is 0 Å². The Bertz CT molecular complexity index is 500. The molecular weight excluding hydrogens is 260 g/mol. The lowest BCUT2D eigenvalue weighted by molar-refractivity contribution is 0.00569. The first-order valence-corrected chi connectivity index (χ1v) is 6.49. The summed E-state index contributed by atoms with van der Waals surface area (Å²) < 4.78 is 0. The molecule has 6 nitrogen and oxygen atoms in total. The number of piperidine rings is 1. The molecular formula is C14H18N2O4. The van der Waals surface area contributed by atoms with Gasteiger partial charge in [0.25, 0.3) is 0 Å². The molecule has 0 bridgehead atoms. The van der Waals surface area contributed by atoms with E-state index in [9.17, 15) is 14.7 Å². The minimum Gasteiger partial charge on any atom is -0.478 e. The normalized spacial score (nSPS) is 17.6. The quantitative estimate of drug-likeness (QED) is 0.769. The highest BCUT2D eigenvalue weighted by atomic mass is 16.4. The molecule has 0 radical (unpaired) electrons. The van der Waals surface area contributed by atoms with Crippen molar-refractivity contribution in [3.63, 3.8) is 0 Å². The summed E-state index contributed by atoms with van der Waals surface area (Å²) in [6.07, 6.45) is 1.11. The highest BCUT2D eigenvalue weighted by Crippen LogP contribution is 2.21. The third-order valence-corrected chi connectivity index (χ3v) is 3.51. The number of hydrogen-bond acceptors (Lipinski definition) is 3. The van der Waals surface area contributed by atoms with Gasteiger partial charge < -0.3 is 20.4 Å². The van der Waals surface area contributed by atoms with Gasteiger partial charge in [0, 0.05) is 18.8 Å². The number of amides is 2. The maximum absolute atomic E-state index is 12.0. The molecule has 2 amide bonds. The molecule has 0 unspecified atom stereocenters. The van der Waals surface area contributed by atoms with Crippen LogP contribution in [0, 0.1) is 0 Å². The first kappa shape index (κ1) is 14.3. The Labute approximate surface area is 117 Å². The first-order valence-electron chi connectivity index (χ1n) is 6.49. The van der Waals surface area contributed by atoms with E-state index in [0.29, 0.717) is 31.6 Å². The van der Waals surface area contributed by atoms with Gasteiger partial charge in [-0.25, -0.2) is 9.59 Å². The summed E-state index contributed by atoms with van der Waals surface area (Å²) in [5, 5.41) is 21.3. The maximum atomic E-state index is 12.0. The Morgan fingerprint density at radius 2 is 1.75 bits per heavy atom. The Kier molecular flexibility index (Phi) is 3.94. The van der Waals surface area contributed by atoms with Gasteiger partial charge in [0.15, 0.2) is 0 Å². The number of nitrogens with one attached hydrogen (secondary N) is 1. The average molecular weight is 278 g/mol. The summed E-state index contributed by atoms with van der Waals surface area (Å²) in [5.74, 6) is -0.999. The molecule has 1 fully saturated rings. The Morgan fingerprint density at radius 3 is 2.25 bits per heavy atom. The molecule has 6 heteroatoms. The van der Waals surface area contributed by atoms with Crippen molar-refractivity contribution >= 4 is 17.7 Å². The number of benzene rings is 1. The van der Waals surface area contributed by atoms with Crippen molar-refractivity contribution in [2.75, 3.05) is 18.4 Å². The Balaban J connectivity index is 1.93. The molecule has 108 valence electrons. The van der Waals surface area contributed by atoms with Crippen LogP contribution in [0.15, 0.2) is 24.3 Å². The fraction of sp³-hybridized carbons (Fsp3) is 0.429. The van der Waals surface area contributed by atoms with Crippen LogP contribution in [0.3, 0.4) is 0 Å². The Morgan fingerprint density at radius 1 is 1.20 bits per heavy atom. The van der Waals surface area contributed by atoms with Crippen LogP contribution in [-0.2, 0) is 0 Å². The van der Waals surface area contributed by atoms with Crippen molar-refractivity contribution in [2.45, 2.75) is 25.4 Å². The number of carbonyl (C=O) groups excluding carboxylic acids is 1. The molecule has 1 aromatic rings. The summed E-state index contributed by atoms with van der Waals surface area (Å²) >= 11 is 0. The van der Waals surface area contributed by atoms with E-state index in [1.54, 1.807) is 24.0 Å². The molecule has 0 spiro atoms. The zero-order valence-electron chi connectivity index (χ0n) is 11.3. The number of urea groups is 1. The first-order chi connectivity index (χ1) is 9.37. The van der Waals surface area contributed by atoms with Crippen LogP contribution in [0.1, 0.15) is 30.1 Å². The number of anilines is 1. The molecule has 1 aromatic carbocycles. The van der Waals surface area contributed by atoms with Crippen LogP contribution in [-0.4, -0.2) is 45.8 Å². The molecule has 20 heavy (non-hydrogen) atoms. The summed E-state index contributed by atoms with van der Waals surface area (Å²) in [4.78, 5) is 24.4. The highest BCUT2D eigenvalue weighted by Gasteiger charge is 2.29. The second-order valence-electron chi connectivity index (χ2n) is 5.30. The highest BCUT2D eigenvalue weighted by molar-refractivity contribution is 5.91. The molecule has 0 aliphatic carbocycles. The van der Waals surface area contributed by atoms with Gasteiger partial charge >= 0.3 is 12.0 Å². The van der Waals surface area contributed by atoms with Gasteiger partial charge in [0.05, 0.1) is 11.2 Å². The SMILES string of the molecule is CC1(O)CCN(C(=O)Nc2ccc(C(=O)O)cc2)CC1. The van der Waals surface area contributed by atoms with E-state index in [2.05, 4.69) is 5.32 Å². The number of carbonyl (C=O) groups is 2. The Hall–Kier alpha value is -2.08. The van der Waals surface area contributed by atoms with E-state index in [1.807, 2.05) is 0 Å². The molecule has 2 rings (SSSR count). The second-order valence-corrected chi connectivity index (χ2v) is 5.30. The number of carboxylic acids is 1. The van der Waals surface area contributed by atoms with Crippen LogP contribution in [0.25, 0.3) is 0 Å². The molecule has 1 aliphatic heterocycles. The monoisotopic (exact) mass is 278 g/mol. The molecule has 3 N–H and O–H groups in total. The van der Waals surface area contributed by atoms with Gasteiger partial charge in [-0.3, -0.25) is 0 Å². The lowest BCUT2D eigenvalue weighted by Crippen LogP contribution is -2.46. The average Bonchev–Trinajstić information content (AvgIpc) is 2.39. The summed E-state index contributed by atoms with van der Waals surface area (Å²) in [7, 11) is 0. The maximum Gasteiger partial charge on any atom is 0.335 e. The zero-order valence-corrected chi connectivity index (χ0v) is 11.3. The van der Waals surface area contributed by atoms with E-state index in [1.165, 1.54) is 12.1 Å². The van der Waals surface area contributed by atoms with Crippen LogP contribution in [0.2, 0.25) is 0 Å². The summed E-state index contributed by atoms with van der Waals surface area (Å²) in [5.41, 5.74) is 0.0364. The second kappa shape index (κ2) is 5.50. The minimum absolute atomic E-state index is 0.178. The number of hydrogen-bond donors (Lipinski definition) is 3. The number of aliphatic hydroxyl groups is 1. The van der Waals surface area contributed by atoms with Crippen molar-refractivity contribution in [1.29, 1.82) is 0 Å². The fourth-order valence-electron chi connectivity index (χ4n) is 2.09. The predicted molar refractivity (Wildman–Crippen MR) is 73.9 cm³/mol. The van der Waals surface area contributed by atoms with Gasteiger partial charge in [-0.05, 0) is 44.0 Å². The molecule has 0 saturated carbocycles. The lowest BCUT2D eigenvalue weighted by Gasteiger charge is -2.35. The van der Waals surface area contributed by atoms with Crippen LogP contribution in [0.4, 0.5) is 10.5 Å². The molecule has 1 saturated heterocycles.